The van der Waals surface area contributed by atoms with Gasteiger partial charge < -0.3 is 24.8 Å². The molecule has 37 heavy (non-hydrogen) atoms. The number of carbonyl (C=O) groups is 1. The fraction of sp³-hybridized carbons (Fsp3) is 0.286. The number of amides is 1. The normalized spacial score (nSPS) is 21.8. The second-order valence-electron chi connectivity index (χ2n) is 8.93. The van der Waals surface area contributed by atoms with Gasteiger partial charge in [0.15, 0.2) is 22.3 Å². The molecule has 2 aliphatic heterocycles. The van der Waals surface area contributed by atoms with Gasteiger partial charge in [-0.05, 0) is 87.6 Å². The first-order chi connectivity index (χ1) is 17.9. The number of para-hydroxylation sites is 1. The van der Waals surface area contributed by atoms with Crippen molar-refractivity contribution in [2.45, 2.75) is 32.5 Å². The molecule has 0 unspecified atom stereocenters. The van der Waals surface area contributed by atoms with E-state index >= 15 is 0 Å². The van der Waals surface area contributed by atoms with Gasteiger partial charge in [0.05, 0.1) is 19.3 Å². The minimum Gasteiger partial charge on any atom is -0.494 e. The summed E-state index contributed by atoms with van der Waals surface area (Å²) in [4.78, 5) is 15.8. The highest BCUT2D eigenvalue weighted by Gasteiger charge is 2.59. The van der Waals surface area contributed by atoms with Gasteiger partial charge in [-0.1, -0.05) is 23.7 Å². The average Bonchev–Trinajstić information content (AvgIpc) is 2.87. The van der Waals surface area contributed by atoms with Gasteiger partial charge in [-0.15, -0.1) is 0 Å². The summed E-state index contributed by atoms with van der Waals surface area (Å²) in [6.07, 6.45) is 0. The number of thiocarbonyl (C=S) groups is 1. The number of hydrogen-bond acceptors (Lipinski definition) is 5. The molecular weight excluding hydrogens is 510 g/mol. The van der Waals surface area contributed by atoms with E-state index < -0.39 is 17.7 Å². The Morgan fingerprint density at radius 2 is 1.78 bits per heavy atom. The lowest BCUT2D eigenvalue weighted by molar-refractivity contribution is -0.130. The molecule has 9 heteroatoms. The summed E-state index contributed by atoms with van der Waals surface area (Å²) in [5, 5.41) is 7.51. The molecule has 5 rings (SSSR count). The summed E-state index contributed by atoms with van der Waals surface area (Å²) in [5.41, 5.74) is 1.05. The SMILES string of the molecule is CCOc1ccc(N2C(=S)N[C@H]3c4cccc(OCC)c4O[C@@]2(C)[C@@H]3C(=O)Nc2ccc(Cl)cc2)cc1. The standard InChI is InChI=1S/C28H28ClN3O4S/c1-4-34-20-15-13-19(14-16-20)32-27(37)31-24-21-7-6-8-22(35-5-2)25(21)36-28(32,3)23(24)26(33)30-18-11-9-17(29)10-12-18/h6-16,23-24H,4-5H2,1-3H3,(H,30,33)(H,31,37)/t23-,24-,28-/m0/s1. The smallest absolute Gasteiger partial charge is 0.236 e. The molecule has 3 aromatic rings. The van der Waals surface area contributed by atoms with E-state index in [2.05, 4.69) is 10.6 Å². The van der Waals surface area contributed by atoms with Gasteiger partial charge in [0.2, 0.25) is 5.91 Å². The van der Waals surface area contributed by atoms with Crippen molar-refractivity contribution in [1.82, 2.24) is 5.32 Å². The van der Waals surface area contributed by atoms with E-state index in [0.717, 1.165) is 17.0 Å². The summed E-state index contributed by atoms with van der Waals surface area (Å²) in [7, 11) is 0. The number of fused-ring (bicyclic) bond motifs is 4. The molecule has 2 aliphatic rings. The Morgan fingerprint density at radius 1 is 1.08 bits per heavy atom. The molecule has 1 amide bonds. The zero-order valence-corrected chi connectivity index (χ0v) is 22.4. The first-order valence-electron chi connectivity index (χ1n) is 12.2. The van der Waals surface area contributed by atoms with Gasteiger partial charge in [0.1, 0.15) is 11.7 Å². The fourth-order valence-electron chi connectivity index (χ4n) is 5.04. The molecule has 0 radical (unpaired) electrons. The lowest BCUT2D eigenvalue weighted by atomic mass is 9.78. The van der Waals surface area contributed by atoms with Crippen LogP contribution >= 0.6 is 23.8 Å². The number of halogens is 1. The maximum Gasteiger partial charge on any atom is 0.236 e. The quantitative estimate of drug-likeness (QED) is 0.361. The van der Waals surface area contributed by atoms with Gasteiger partial charge in [-0.2, -0.15) is 0 Å². The maximum absolute atomic E-state index is 13.9. The highest BCUT2D eigenvalue weighted by molar-refractivity contribution is 7.80. The minimum absolute atomic E-state index is 0.215. The minimum atomic E-state index is -1.17. The summed E-state index contributed by atoms with van der Waals surface area (Å²) >= 11 is 11.9. The summed E-state index contributed by atoms with van der Waals surface area (Å²) < 4.78 is 18.3. The van der Waals surface area contributed by atoms with E-state index in [4.69, 9.17) is 38.0 Å². The van der Waals surface area contributed by atoms with Crippen molar-refractivity contribution in [3.05, 3.63) is 77.3 Å². The molecule has 3 aromatic carbocycles. The van der Waals surface area contributed by atoms with Crippen LogP contribution in [-0.2, 0) is 4.79 Å². The number of hydrogen-bond donors (Lipinski definition) is 2. The maximum atomic E-state index is 13.9. The van der Waals surface area contributed by atoms with Crippen LogP contribution in [0.2, 0.25) is 5.02 Å². The number of ether oxygens (including phenoxy) is 3. The van der Waals surface area contributed by atoms with E-state index in [1.807, 2.05) is 68.1 Å². The van der Waals surface area contributed by atoms with Crippen molar-refractivity contribution in [3.8, 4) is 17.2 Å². The molecule has 3 atom stereocenters. The highest BCUT2D eigenvalue weighted by atomic mass is 35.5. The van der Waals surface area contributed by atoms with Gasteiger partial charge in [0, 0.05) is 22.0 Å². The third kappa shape index (κ3) is 4.55. The predicted molar refractivity (Wildman–Crippen MR) is 149 cm³/mol. The molecule has 0 aromatic heterocycles. The van der Waals surface area contributed by atoms with Crippen molar-refractivity contribution in [1.29, 1.82) is 0 Å². The van der Waals surface area contributed by atoms with E-state index in [1.54, 1.807) is 24.3 Å². The second-order valence-corrected chi connectivity index (χ2v) is 9.75. The number of rotatable bonds is 7. The first kappa shape index (κ1) is 25.2. The number of benzene rings is 3. The molecule has 192 valence electrons. The van der Waals surface area contributed by atoms with Crippen LogP contribution in [0.3, 0.4) is 0 Å². The summed E-state index contributed by atoms with van der Waals surface area (Å²) in [6, 6.07) is 19.8. The van der Waals surface area contributed by atoms with Crippen molar-refractivity contribution in [2.24, 2.45) is 5.92 Å². The Balaban J connectivity index is 1.61. The molecule has 0 aliphatic carbocycles. The van der Waals surface area contributed by atoms with Crippen LogP contribution in [0.1, 0.15) is 32.4 Å². The van der Waals surface area contributed by atoms with E-state index in [0.29, 0.717) is 40.5 Å². The Kier molecular flexibility index (Phi) is 6.88. The zero-order valence-electron chi connectivity index (χ0n) is 20.8. The van der Waals surface area contributed by atoms with Gasteiger partial charge in [-0.25, -0.2) is 0 Å². The van der Waals surface area contributed by atoms with Crippen LogP contribution in [0.15, 0.2) is 66.7 Å². The number of nitrogens with zero attached hydrogens (tertiary/aromatic N) is 1. The molecular formula is C28H28ClN3O4S. The number of carbonyl (C=O) groups excluding carboxylic acids is 1. The highest BCUT2D eigenvalue weighted by Crippen LogP contribution is 2.52. The molecule has 2 bridgehead atoms. The van der Waals surface area contributed by atoms with Crippen LogP contribution in [0.4, 0.5) is 11.4 Å². The second kappa shape index (κ2) is 10.1. The van der Waals surface area contributed by atoms with Crippen LogP contribution in [0.5, 0.6) is 17.2 Å². The van der Waals surface area contributed by atoms with Crippen molar-refractivity contribution >= 4 is 46.2 Å². The fourth-order valence-corrected chi connectivity index (χ4v) is 5.58. The lowest BCUT2D eigenvalue weighted by Gasteiger charge is -2.56. The number of nitrogens with one attached hydrogen (secondary N) is 2. The van der Waals surface area contributed by atoms with Gasteiger partial charge in [0.25, 0.3) is 0 Å². The van der Waals surface area contributed by atoms with Gasteiger partial charge in [-0.3, -0.25) is 9.69 Å². The zero-order chi connectivity index (χ0) is 26.2. The van der Waals surface area contributed by atoms with E-state index in [9.17, 15) is 4.79 Å². The average molecular weight is 538 g/mol. The summed E-state index contributed by atoms with van der Waals surface area (Å²) in [5.74, 6) is 1.07. The Hall–Kier alpha value is -3.49. The Bertz CT molecular complexity index is 1320. The largest absolute Gasteiger partial charge is 0.494 e. The van der Waals surface area contributed by atoms with Crippen molar-refractivity contribution in [2.75, 3.05) is 23.4 Å². The number of anilines is 2. The van der Waals surface area contributed by atoms with Crippen LogP contribution in [0, 0.1) is 5.92 Å². The Labute approximate surface area is 226 Å². The monoisotopic (exact) mass is 537 g/mol. The molecule has 2 heterocycles. The van der Waals surface area contributed by atoms with Crippen molar-refractivity contribution in [3.63, 3.8) is 0 Å². The van der Waals surface area contributed by atoms with Crippen LogP contribution < -0.4 is 29.7 Å². The third-order valence-electron chi connectivity index (χ3n) is 6.59. The summed E-state index contributed by atoms with van der Waals surface area (Å²) in [6.45, 7) is 6.80. The molecule has 2 N–H and O–H groups in total. The predicted octanol–water partition coefficient (Wildman–Crippen LogP) is 5.94. The lowest BCUT2D eigenvalue weighted by Crippen LogP contribution is -2.72. The third-order valence-corrected chi connectivity index (χ3v) is 7.14. The molecule has 7 nitrogen and oxygen atoms in total. The van der Waals surface area contributed by atoms with Crippen LogP contribution in [-0.4, -0.2) is 30.0 Å². The van der Waals surface area contributed by atoms with Crippen LogP contribution in [0.25, 0.3) is 0 Å². The van der Waals surface area contributed by atoms with E-state index in [-0.39, 0.29) is 5.91 Å². The first-order valence-corrected chi connectivity index (χ1v) is 13.0. The molecule has 0 spiro atoms. The Morgan fingerprint density at radius 3 is 2.46 bits per heavy atom. The topological polar surface area (TPSA) is 72.1 Å². The van der Waals surface area contributed by atoms with Gasteiger partial charge >= 0.3 is 0 Å². The van der Waals surface area contributed by atoms with Crippen molar-refractivity contribution < 1.29 is 19.0 Å². The van der Waals surface area contributed by atoms with E-state index in [1.165, 1.54) is 0 Å². The molecule has 1 fully saturated rings. The molecule has 0 saturated carbocycles. The molecule has 1 saturated heterocycles.